The minimum Gasteiger partial charge on any atom is -0.331 e. The van der Waals surface area contributed by atoms with E-state index < -0.39 is 34.6 Å². The summed E-state index contributed by atoms with van der Waals surface area (Å²) in [5, 5.41) is 7.59. The van der Waals surface area contributed by atoms with Gasteiger partial charge in [0.25, 0.3) is 0 Å². The first-order valence-corrected chi connectivity index (χ1v) is 29.7. The Morgan fingerprint density at radius 1 is 0.273 bits per heavy atom. The van der Waals surface area contributed by atoms with Gasteiger partial charge in [0.2, 0.25) is 0 Å². The number of hydrogen-bond donors (Lipinski definition) is 0. The lowest BCUT2D eigenvalue weighted by molar-refractivity contribution is -0.138. The van der Waals surface area contributed by atoms with Gasteiger partial charge in [-0.2, -0.15) is 26.3 Å². The normalized spacial score (nSPS) is 12.9. The molecular formula is C78H60F6N4. The predicted molar refractivity (Wildman–Crippen MR) is 351 cm³/mol. The van der Waals surface area contributed by atoms with E-state index in [0.29, 0.717) is 33.6 Å². The summed E-state index contributed by atoms with van der Waals surface area (Å²) in [5.41, 5.74) is 9.95. The number of rotatable bonds is 8. The summed E-state index contributed by atoms with van der Waals surface area (Å²) in [6.45, 7) is 16.7. The highest BCUT2D eigenvalue weighted by Gasteiger charge is 2.45. The molecule has 15 aromatic rings. The molecule has 434 valence electrons. The van der Waals surface area contributed by atoms with Crippen LogP contribution in [0.1, 0.15) is 72.2 Å². The largest absolute Gasteiger partial charge is 0.416 e. The number of aromatic nitrogens is 4. The van der Waals surface area contributed by atoms with Gasteiger partial charge in [-0.1, -0.05) is 144 Å². The van der Waals surface area contributed by atoms with E-state index in [0.717, 1.165) is 122 Å². The zero-order valence-electron chi connectivity index (χ0n) is 49.8. The Morgan fingerprint density at radius 3 is 0.852 bits per heavy atom. The molecule has 0 unspecified atom stereocenters. The summed E-state index contributed by atoms with van der Waals surface area (Å²) in [6.07, 6.45) is -9.59. The molecule has 10 heteroatoms. The van der Waals surface area contributed by atoms with Crippen molar-refractivity contribution in [2.75, 3.05) is 0 Å². The van der Waals surface area contributed by atoms with Gasteiger partial charge in [0.05, 0.1) is 55.6 Å². The van der Waals surface area contributed by atoms with Gasteiger partial charge >= 0.3 is 12.4 Å². The molecule has 0 amide bonds. The van der Waals surface area contributed by atoms with Crippen LogP contribution in [0.15, 0.2) is 218 Å². The van der Waals surface area contributed by atoms with E-state index in [1.807, 2.05) is 48.5 Å². The van der Waals surface area contributed by atoms with Crippen LogP contribution in [0.25, 0.3) is 121 Å². The van der Waals surface area contributed by atoms with E-state index in [1.165, 1.54) is 24.3 Å². The summed E-state index contributed by atoms with van der Waals surface area (Å²) in [7, 11) is 0. The van der Waals surface area contributed by atoms with Crippen molar-refractivity contribution in [2.24, 2.45) is 0 Å². The van der Waals surface area contributed by atoms with Crippen LogP contribution in [0, 0.1) is 27.7 Å². The second-order valence-electron chi connectivity index (χ2n) is 25.0. The fraction of sp³-hybridized carbons (Fsp3) is 0.154. The number of para-hydroxylation sites is 4. The Balaban J connectivity index is 1.33. The maximum absolute atomic E-state index is 16.0. The number of hydrogen-bond acceptors (Lipinski definition) is 0. The van der Waals surface area contributed by atoms with Crippen LogP contribution < -0.4 is 0 Å². The average Bonchev–Trinajstić information content (AvgIpc) is 1.25. The minimum absolute atomic E-state index is 0.232. The van der Waals surface area contributed by atoms with E-state index >= 15 is 26.3 Å². The molecule has 11 aromatic carbocycles. The minimum atomic E-state index is -4.80. The highest BCUT2D eigenvalue weighted by atomic mass is 19.4. The first-order chi connectivity index (χ1) is 42.1. The molecule has 0 saturated heterocycles. The lowest BCUT2D eigenvalue weighted by atomic mass is 9.74. The lowest BCUT2D eigenvalue weighted by Crippen LogP contribution is -2.35. The van der Waals surface area contributed by atoms with Gasteiger partial charge in [0, 0.05) is 81.8 Å². The van der Waals surface area contributed by atoms with E-state index in [4.69, 9.17) is 0 Å². The third kappa shape index (κ3) is 8.13. The van der Waals surface area contributed by atoms with Gasteiger partial charge < -0.3 is 18.3 Å². The summed E-state index contributed by atoms with van der Waals surface area (Å²) in [4.78, 5) is 0. The molecule has 0 saturated carbocycles. The van der Waals surface area contributed by atoms with E-state index in [-0.39, 0.29) is 11.1 Å². The van der Waals surface area contributed by atoms with Crippen LogP contribution in [-0.2, 0) is 23.4 Å². The number of nitrogens with zero attached hydrogens (tertiary/aromatic N) is 4. The van der Waals surface area contributed by atoms with E-state index in [2.05, 4.69) is 195 Å². The number of halogens is 6. The molecule has 0 atom stereocenters. The molecule has 0 aliphatic carbocycles. The molecule has 4 aromatic heterocycles. The van der Waals surface area contributed by atoms with Crippen molar-refractivity contribution in [3.63, 3.8) is 0 Å². The molecule has 0 bridgehead atoms. The first kappa shape index (κ1) is 54.8. The van der Waals surface area contributed by atoms with E-state index in [1.54, 1.807) is 12.1 Å². The van der Waals surface area contributed by atoms with Crippen molar-refractivity contribution in [3.8, 4) is 33.6 Å². The average molecular weight is 1170 g/mol. The van der Waals surface area contributed by atoms with Gasteiger partial charge in [-0.25, -0.2) is 0 Å². The third-order valence-electron chi connectivity index (χ3n) is 18.5. The first-order valence-electron chi connectivity index (χ1n) is 29.7. The second kappa shape index (κ2) is 19.4. The van der Waals surface area contributed by atoms with Gasteiger partial charge in [0.15, 0.2) is 0 Å². The molecule has 0 aliphatic rings. The zero-order chi connectivity index (χ0) is 61.1. The Labute approximate surface area is 504 Å². The van der Waals surface area contributed by atoms with Crippen molar-refractivity contribution < 1.29 is 26.3 Å². The molecule has 0 aliphatic heterocycles. The van der Waals surface area contributed by atoms with Crippen molar-refractivity contribution in [1.29, 1.82) is 0 Å². The highest BCUT2D eigenvalue weighted by molar-refractivity contribution is 6.15. The second-order valence-corrected chi connectivity index (χ2v) is 25.0. The van der Waals surface area contributed by atoms with Gasteiger partial charge in [0.1, 0.15) is 0 Å². The number of fused-ring (bicyclic) bond motifs is 12. The van der Waals surface area contributed by atoms with Crippen molar-refractivity contribution in [3.05, 3.63) is 263 Å². The molecule has 0 N–H and O–H groups in total. The van der Waals surface area contributed by atoms with Gasteiger partial charge in [-0.05, 0) is 169 Å². The number of benzene rings is 11. The molecule has 0 fully saturated rings. The monoisotopic (exact) mass is 1170 g/mol. The lowest BCUT2D eigenvalue weighted by Gasteiger charge is -2.42. The summed E-state index contributed by atoms with van der Waals surface area (Å²) < 4.78 is 105. The van der Waals surface area contributed by atoms with Crippen molar-refractivity contribution >= 4 is 87.2 Å². The summed E-state index contributed by atoms with van der Waals surface area (Å²) in [6, 6.07) is 69.3. The van der Waals surface area contributed by atoms with Crippen molar-refractivity contribution in [2.45, 2.75) is 78.8 Å². The maximum Gasteiger partial charge on any atom is 0.416 e. The van der Waals surface area contributed by atoms with Crippen LogP contribution in [0.2, 0.25) is 0 Å². The molecule has 0 spiro atoms. The Hall–Kier alpha value is -9.80. The zero-order valence-corrected chi connectivity index (χ0v) is 49.8. The Morgan fingerprint density at radius 2 is 0.557 bits per heavy atom. The molecular weight excluding hydrogens is 1110 g/mol. The molecule has 0 radical (unpaired) electrons. The smallest absolute Gasteiger partial charge is 0.331 e. The van der Waals surface area contributed by atoms with Crippen LogP contribution in [-0.4, -0.2) is 18.3 Å². The predicted octanol–water partition coefficient (Wildman–Crippen LogP) is 22.3. The Kier molecular flexibility index (Phi) is 12.1. The fourth-order valence-electron chi connectivity index (χ4n) is 14.9. The molecule has 15 rings (SSSR count). The van der Waals surface area contributed by atoms with Gasteiger partial charge in [-0.15, -0.1) is 0 Å². The Bertz CT molecular complexity index is 4990. The summed E-state index contributed by atoms with van der Waals surface area (Å²) in [5.74, 6) is 0. The molecule has 4 heterocycles. The number of aryl methyl sites for hydroxylation is 4. The van der Waals surface area contributed by atoms with Crippen molar-refractivity contribution in [1.82, 2.24) is 18.3 Å². The van der Waals surface area contributed by atoms with Crippen LogP contribution in [0.5, 0.6) is 0 Å². The quantitative estimate of drug-likeness (QED) is 0.135. The standard InChI is InChI=1S/C78H60F6N4/c1-45-31-35-61-57(39-45)58-40-46(2)32-36-62(58)85(61)73-69(49-19-17-21-51(43-49)77(79,80)81)71(75(5,6)87-65-27-13-9-23-53(65)54-24-10-14-28-66(54)87)70(50-20-18-22-52(44-50)78(82,83)84)74(86-63-37-33-47(3)41-59(63)60-42-48(4)34-38-64(60)86)72(73)76(7,8)88-67-29-15-11-25-55(67)56-26-12-16-30-68(56)88/h9-44H,1-8H3. The summed E-state index contributed by atoms with van der Waals surface area (Å²) >= 11 is 0. The topological polar surface area (TPSA) is 19.7 Å². The number of alkyl halides is 6. The van der Waals surface area contributed by atoms with Gasteiger partial charge in [-0.3, -0.25) is 0 Å². The molecule has 88 heavy (non-hydrogen) atoms. The fourth-order valence-corrected chi connectivity index (χ4v) is 14.9. The third-order valence-corrected chi connectivity index (χ3v) is 18.5. The highest BCUT2D eigenvalue weighted by Crippen LogP contribution is 2.58. The maximum atomic E-state index is 16.0. The van der Waals surface area contributed by atoms with Crippen LogP contribution in [0.4, 0.5) is 26.3 Å². The van der Waals surface area contributed by atoms with Crippen LogP contribution in [0.3, 0.4) is 0 Å². The molecule has 4 nitrogen and oxygen atoms in total. The van der Waals surface area contributed by atoms with E-state index in [9.17, 15) is 0 Å². The SMILES string of the molecule is Cc1ccc2c(c1)c1cc(C)ccc1n2-c1c(-c2cccc(C(F)(F)F)c2)c(C(C)(C)n2c3ccccc3c3ccccc32)c(-c2cccc(C(F)(F)F)c2)c(-n2c3ccc(C)cc3c3cc(C)ccc32)c1C(C)(C)n1c2ccccc2c2ccccc21. The van der Waals surface area contributed by atoms with Crippen LogP contribution >= 0.6 is 0 Å².